The number of nitro benzene ring substituents is 1. The fraction of sp³-hybridized carbons (Fsp3) is 0.600. The van der Waals surface area contributed by atoms with Crippen molar-refractivity contribution in [3.63, 3.8) is 0 Å². The summed E-state index contributed by atoms with van der Waals surface area (Å²) >= 11 is 3.44. The van der Waals surface area contributed by atoms with E-state index in [9.17, 15) is 10.1 Å². The van der Waals surface area contributed by atoms with E-state index in [1.165, 1.54) is 6.42 Å². The Bertz CT molecular complexity index is 519. The summed E-state index contributed by atoms with van der Waals surface area (Å²) in [6, 6.07) is 3.91. The Labute approximate surface area is 128 Å². The fourth-order valence-corrected chi connectivity index (χ4v) is 3.32. The molecule has 1 aliphatic carbocycles. The molecule has 0 amide bonds. The molecule has 3 unspecified atom stereocenters. The molecule has 1 saturated carbocycles. The number of rotatable bonds is 3. The summed E-state index contributed by atoms with van der Waals surface area (Å²) in [5.41, 5.74) is 1.81. The second kappa shape index (κ2) is 6.12. The minimum atomic E-state index is -0.339. The van der Waals surface area contributed by atoms with Gasteiger partial charge in [0.1, 0.15) is 0 Å². The van der Waals surface area contributed by atoms with Crippen molar-refractivity contribution in [3.8, 4) is 0 Å². The zero-order chi connectivity index (χ0) is 14.9. The molecule has 1 aliphatic rings. The molecule has 0 aromatic heterocycles. The van der Waals surface area contributed by atoms with E-state index < -0.39 is 0 Å². The SMILES string of the molecule is Cc1cc(NC2CCC(C)C(C)C2)c(Br)cc1[N+](=O)[O-]. The van der Waals surface area contributed by atoms with Crippen molar-refractivity contribution in [3.05, 3.63) is 32.3 Å². The average molecular weight is 341 g/mol. The molecule has 1 fully saturated rings. The van der Waals surface area contributed by atoms with E-state index in [-0.39, 0.29) is 10.6 Å². The predicted octanol–water partition coefficient (Wildman–Crippen LogP) is 4.90. The van der Waals surface area contributed by atoms with Crippen LogP contribution in [0.1, 0.15) is 38.7 Å². The molecule has 0 saturated heterocycles. The van der Waals surface area contributed by atoms with Gasteiger partial charge in [0.05, 0.1) is 4.92 Å². The van der Waals surface area contributed by atoms with Crippen LogP contribution in [0.2, 0.25) is 0 Å². The molecule has 0 spiro atoms. The van der Waals surface area contributed by atoms with Crippen LogP contribution in [-0.4, -0.2) is 11.0 Å². The van der Waals surface area contributed by atoms with Crippen LogP contribution in [0.15, 0.2) is 16.6 Å². The number of nitro groups is 1. The molecular weight excluding hydrogens is 320 g/mol. The van der Waals surface area contributed by atoms with Gasteiger partial charge in [0.2, 0.25) is 0 Å². The van der Waals surface area contributed by atoms with Crippen molar-refractivity contribution < 1.29 is 4.92 Å². The van der Waals surface area contributed by atoms with Crippen molar-refractivity contribution in [2.24, 2.45) is 11.8 Å². The minimum Gasteiger partial charge on any atom is -0.381 e. The number of hydrogen-bond acceptors (Lipinski definition) is 3. The molecule has 3 atom stereocenters. The third kappa shape index (κ3) is 3.32. The van der Waals surface area contributed by atoms with Gasteiger partial charge in [-0.1, -0.05) is 13.8 Å². The molecule has 4 nitrogen and oxygen atoms in total. The summed E-state index contributed by atoms with van der Waals surface area (Å²) in [4.78, 5) is 10.6. The van der Waals surface area contributed by atoms with Crippen molar-refractivity contribution in [2.45, 2.75) is 46.1 Å². The summed E-state index contributed by atoms with van der Waals surface area (Å²) in [6.45, 7) is 6.39. The molecule has 1 aromatic carbocycles. The third-order valence-corrected chi connectivity index (χ3v) is 5.10. The average Bonchev–Trinajstić information content (AvgIpc) is 2.37. The first-order valence-electron chi connectivity index (χ1n) is 7.09. The smallest absolute Gasteiger partial charge is 0.273 e. The first kappa shape index (κ1) is 15.3. The summed E-state index contributed by atoms with van der Waals surface area (Å²) < 4.78 is 0.765. The van der Waals surface area contributed by atoms with Crippen molar-refractivity contribution in [1.29, 1.82) is 0 Å². The lowest BCUT2D eigenvalue weighted by atomic mass is 9.79. The van der Waals surface area contributed by atoms with E-state index in [4.69, 9.17) is 0 Å². The lowest BCUT2D eigenvalue weighted by molar-refractivity contribution is -0.385. The topological polar surface area (TPSA) is 55.2 Å². The molecule has 0 radical (unpaired) electrons. The second-order valence-electron chi connectivity index (χ2n) is 5.98. The largest absolute Gasteiger partial charge is 0.381 e. The van der Waals surface area contributed by atoms with Crippen LogP contribution in [0.3, 0.4) is 0 Å². The predicted molar refractivity (Wildman–Crippen MR) is 85.1 cm³/mol. The number of nitrogens with one attached hydrogen (secondary N) is 1. The standard InChI is InChI=1S/C15H21BrN2O2/c1-9-4-5-12(6-10(9)2)17-14-7-11(3)15(18(19)20)8-13(14)16/h7-10,12,17H,4-6H2,1-3H3. The number of anilines is 1. The maximum atomic E-state index is 10.9. The van der Waals surface area contributed by atoms with Gasteiger partial charge in [0.25, 0.3) is 5.69 Å². The van der Waals surface area contributed by atoms with E-state index in [1.807, 2.05) is 6.07 Å². The van der Waals surface area contributed by atoms with E-state index in [0.717, 1.165) is 34.8 Å². The fourth-order valence-electron chi connectivity index (χ4n) is 2.88. The lowest BCUT2D eigenvalue weighted by Gasteiger charge is -2.33. The van der Waals surface area contributed by atoms with Crippen LogP contribution < -0.4 is 5.32 Å². The first-order chi connectivity index (χ1) is 9.38. The Morgan fingerprint density at radius 1 is 1.30 bits per heavy atom. The van der Waals surface area contributed by atoms with Gasteiger partial charge in [-0.2, -0.15) is 0 Å². The maximum absolute atomic E-state index is 10.9. The highest BCUT2D eigenvalue weighted by atomic mass is 79.9. The van der Waals surface area contributed by atoms with E-state index in [0.29, 0.717) is 11.6 Å². The number of nitrogens with zero attached hydrogens (tertiary/aromatic N) is 1. The van der Waals surface area contributed by atoms with Crippen LogP contribution >= 0.6 is 15.9 Å². The Hall–Kier alpha value is -1.10. The quantitative estimate of drug-likeness (QED) is 0.628. The number of aryl methyl sites for hydroxylation is 1. The summed E-state index contributed by atoms with van der Waals surface area (Å²) in [5, 5.41) is 14.5. The second-order valence-corrected chi connectivity index (χ2v) is 6.84. The van der Waals surface area contributed by atoms with Gasteiger partial charge in [-0.25, -0.2) is 0 Å². The molecule has 0 aliphatic heterocycles. The summed E-state index contributed by atoms with van der Waals surface area (Å²) in [7, 11) is 0. The molecule has 0 heterocycles. The normalized spacial score (nSPS) is 26.3. The number of hydrogen-bond donors (Lipinski definition) is 1. The minimum absolute atomic E-state index is 0.160. The Morgan fingerprint density at radius 2 is 2.00 bits per heavy atom. The van der Waals surface area contributed by atoms with Gasteiger partial charge in [-0.15, -0.1) is 0 Å². The van der Waals surface area contributed by atoms with Gasteiger partial charge in [-0.05, 0) is 60.0 Å². The zero-order valence-electron chi connectivity index (χ0n) is 12.1. The highest BCUT2D eigenvalue weighted by molar-refractivity contribution is 9.10. The lowest BCUT2D eigenvalue weighted by Crippen LogP contribution is -2.30. The molecule has 2 rings (SSSR count). The Kier molecular flexibility index (Phi) is 4.68. The zero-order valence-corrected chi connectivity index (χ0v) is 13.7. The van der Waals surface area contributed by atoms with Gasteiger partial charge in [0, 0.05) is 27.8 Å². The number of benzene rings is 1. The van der Waals surface area contributed by atoms with Crippen LogP contribution in [0, 0.1) is 28.9 Å². The van der Waals surface area contributed by atoms with Crippen LogP contribution in [0.5, 0.6) is 0 Å². The molecule has 1 aromatic rings. The molecular formula is C15H21BrN2O2. The number of halogens is 1. The van der Waals surface area contributed by atoms with E-state index >= 15 is 0 Å². The Balaban J connectivity index is 2.14. The van der Waals surface area contributed by atoms with Gasteiger partial charge < -0.3 is 5.32 Å². The van der Waals surface area contributed by atoms with E-state index in [1.54, 1.807) is 13.0 Å². The van der Waals surface area contributed by atoms with Gasteiger partial charge in [0.15, 0.2) is 0 Å². The summed E-state index contributed by atoms with van der Waals surface area (Å²) in [5.74, 6) is 1.51. The van der Waals surface area contributed by atoms with Gasteiger partial charge in [-0.3, -0.25) is 10.1 Å². The molecule has 1 N–H and O–H groups in total. The monoisotopic (exact) mass is 340 g/mol. The Morgan fingerprint density at radius 3 is 2.60 bits per heavy atom. The van der Waals surface area contributed by atoms with Gasteiger partial charge >= 0.3 is 0 Å². The van der Waals surface area contributed by atoms with Crippen molar-refractivity contribution >= 4 is 27.3 Å². The molecule has 5 heteroatoms. The van der Waals surface area contributed by atoms with Crippen molar-refractivity contribution in [1.82, 2.24) is 0 Å². The first-order valence-corrected chi connectivity index (χ1v) is 7.89. The highest BCUT2D eigenvalue weighted by Crippen LogP contribution is 2.35. The molecule has 110 valence electrons. The summed E-state index contributed by atoms with van der Waals surface area (Å²) in [6.07, 6.45) is 3.56. The van der Waals surface area contributed by atoms with Crippen LogP contribution in [0.25, 0.3) is 0 Å². The van der Waals surface area contributed by atoms with Crippen molar-refractivity contribution in [2.75, 3.05) is 5.32 Å². The highest BCUT2D eigenvalue weighted by Gasteiger charge is 2.25. The van der Waals surface area contributed by atoms with Crippen LogP contribution in [-0.2, 0) is 0 Å². The molecule has 0 bridgehead atoms. The van der Waals surface area contributed by atoms with Crippen LogP contribution in [0.4, 0.5) is 11.4 Å². The third-order valence-electron chi connectivity index (χ3n) is 4.44. The van der Waals surface area contributed by atoms with E-state index in [2.05, 4.69) is 35.1 Å². The molecule has 20 heavy (non-hydrogen) atoms. The maximum Gasteiger partial charge on any atom is 0.273 e.